The van der Waals surface area contributed by atoms with E-state index in [2.05, 4.69) is 40.9 Å². The maximum Gasteiger partial charge on any atom is 0.119 e. The van der Waals surface area contributed by atoms with E-state index in [1.165, 1.54) is 16.5 Å². The predicted molar refractivity (Wildman–Crippen MR) is 82.7 cm³/mol. The molecule has 3 rings (SSSR count). The summed E-state index contributed by atoms with van der Waals surface area (Å²) in [6.45, 7) is 6.35. The van der Waals surface area contributed by atoms with Crippen LogP contribution in [0.25, 0.3) is 10.8 Å². The van der Waals surface area contributed by atoms with Crippen molar-refractivity contribution in [1.29, 1.82) is 0 Å². The predicted octanol–water partition coefficient (Wildman–Crippen LogP) is 2.30. The van der Waals surface area contributed by atoms with Crippen molar-refractivity contribution in [2.75, 3.05) is 45.2 Å². The molecule has 2 aromatic rings. The molecular formula is C16H21N3O. The molecule has 0 bridgehead atoms. The third-order valence-corrected chi connectivity index (χ3v) is 4.12. The summed E-state index contributed by atoms with van der Waals surface area (Å²) in [7, 11) is 3.89. The molecule has 1 fully saturated rings. The van der Waals surface area contributed by atoms with E-state index in [1.807, 2.05) is 12.3 Å². The molecule has 0 N–H and O–H groups in total. The summed E-state index contributed by atoms with van der Waals surface area (Å²) in [6, 6.07) is 6.23. The second-order valence-corrected chi connectivity index (χ2v) is 5.43. The zero-order valence-corrected chi connectivity index (χ0v) is 12.4. The molecule has 106 valence electrons. The number of piperazine rings is 1. The normalized spacial score (nSPS) is 16.6. The van der Waals surface area contributed by atoms with E-state index in [4.69, 9.17) is 4.74 Å². The second kappa shape index (κ2) is 5.29. The molecule has 20 heavy (non-hydrogen) atoms. The summed E-state index contributed by atoms with van der Waals surface area (Å²) < 4.78 is 5.37. The van der Waals surface area contributed by atoms with Gasteiger partial charge in [-0.3, -0.25) is 4.98 Å². The molecule has 0 saturated carbocycles. The second-order valence-electron chi connectivity index (χ2n) is 5.43. The molecule has 2 heterocycles. The third-order valence-electron chi connectivity index (χ3n) is 4.12. The Balaban J connectivity index is 2.07. The Hall–Kier alpha value is -1.81. The van der Waals surface area contributed by atoms with E-state index in [0.29, 0.717) is 0 Å². The van der Waals surface area contributed by atoms with Gasteiger partial charge in [-0.05, 0) is 32.2 Å². The summed E-state index contributed by atoms with van der Waals surface area (Å²) in [5.74, 6) is 0.901. The van der Waals surface area contributed by atoms with Gasteiger partial charge in [0.2, 0.25) is 0 Å². The number of hydrogen-bond donors (Lipinski definition) is 0. The average molecular weight is 271 g/mol. The van der Waals surface area contributed by atoms with Gasteiger partial charge in [-0.1, -0.05) is 0 Å². The van der Waals surface area contributed by atoms with Crippen LogP contribution in [0.4, 0.5) is 5.69 Å². The number of aromatic nitrogens is 1. The van der Waals surface area contributed by atoms with Crippen molar-refractivity contribution < 1.29 is 4.74 Å². The third kappa shape index (κ3) is 2.31. The fraction of sp³-hybridized carbons (Fsp3) is 0.438. The monoisotopic (exact) mass is 271 g/mol. The number of aryl methyl sites for hydroxylation is 1. The highest BCUT2D eigenvalue weighted by Gasteiger charge is 2.17. The van der Waals surface area contributed by atoms with E-state index in [0.717, 1.165) is 37.6 Å². The van der Waals surface area contributed by atoms with Crippen LogP contribution in [0.3, 0.4) is 0 Å². The molecule has 0 unspecified atom stereocenters. The van der Waals surface area contributed by atoms with Crippen LogP contribution >= 0.6 is 0 Å². The zero-order valence-electron chi connectivity index (χ0n) is 12.4. The first-order valence-electron chi connectivity index (χ1n) is 7.06. The summed E-state index contributed by atoms with van der Waals surface area (Å²) in [4.78, 5) is 9.35. The van der Waals surface area contributed by atoms with Crippen molar-refractivity contribution in [2.24, 2.45) is 0 Å². The number of benzene rings is 1. The van der Waals surface area contributed by atoms with Crippen molar-refractivity contribution in [3.05, 3.63) is 30.1 Å². The van der Waals surface area contributed by atoms with Gasteiger partial charge in [0.25, 0.3) is 0 Å². The Kier molecular flexibility index (Phi) is 3.49. The number of methoxy groups -OCH3 is 1. The van der Waals surface area contributed by atoms with Crippen molar-refractivity contribution in [3.63, 3.8) is 0 Å². The van der Waals surface area contributed by atoms with Crippen molar-refractivity contribution >= 4 is 16.5 Å². The molecule has 1 aromatic heterocycles. The van der Waals surface area contributed by atoms with Crippen molar-refractivity contribution in [2.45, 2.75) is 6.92 Å². The highest BCUT2D eigenvalue weighted by Crippen LogP contribution is 2.31. The zero-order chi connectivity index (χ0) is 14.1. The molecule has 1 saturated heterocycles. The first-order chi connectivity index (χ1) is 9.69. The lowest BCUT2D eigenvalue weighted by Crippen LogP contribution is -2.44. The standard InChI is InChI=1S/C16H21N3O/c1-12-14-5-4-13(20-3)10-15(14)16(11-17-12)19-8-6-18(2)7-9-19/h4-5,10-11H,6-9H2,1-3H3. The Bertz CT molecular complexity index is 618. The van der Waals surface area contributed by atoms with E-state index in [1.54, 1.807) is 7.11 Å². The summed E-state index contributed by atoms with van der Waals surface area (Å²) in [6.07, 6.45) is 2.00. The number of nitrogens with zero attached hydrogens (tertiary/aromatic N) is 3. The van der Waals surface area contributed by atoms with Crippen LogP contribution in [-0.2, 0) is 0 Å². The number of hydrogen-bond acceptors (Lipinski definition) is 4. The molecular weight excluding hydrogens is 250 g/mol. The average Bonchev–Trinajstić information content (AvgIpc) is 2.48. The number of anilines is 1. The van der Waals surface area contributed by atoms with Gasteiger partial charge in [0.1, 0.15) is 5.75 Å². The molecule has 4 nitrogen and oxygen atoms in total. The molecule has 0 aliphatic carbocycles. The maximum absolute atomic E-state index is 5.37. The Labute approximate surface area is 120 Å². The van der Waals surface area contributed by atoms with E-state index < -0.39 is 0 Å². The molecule has 0 radical (unpaired) electrons. The minimum absolute atomic E-state index is 0.901. The SMILES string of the molecule is COc1ccc2c(C)ncc(N3CCN(C)CC3)c2c1. The first-order valence-corrected chi connectivity index (χ1v) is 7.06. The smallest absolute Gasteiger partial charge is 0.119 e. The van der Waals surface area contributed by atoms with Crippen LogP contribution in [0.1, 0.15) is 5.69 Å². The summed E-state index contributed by atoms with van der Waals surface area (Å²) >= 11 is 0. The van der Waals surface area contributed by atoms with Gasteiger partial charge < -0.3 is 14.5 Å². The first kappa shape index (κ1) is 13.2. The van der Waals surface area contributed by atoms with Crippen LogP contribution < -0.4 is 9.64 Å². The van der Waals surface area contributed by atoms with Crippen molar-refractivity contribution in [1.82, 2.24) is 9.88 Å². The number of ether oxygens (including phenoxy) is 1. The van der Waals surface area contributed by atoms with Gasteiger partial charge in [-0.15, -0.1) is 0 Å². The molecule has 1 aliphatic heterocycles. The lowest BCUT2D eigenvalue weighted by atomic mass is 10.1. The largest absolute Gasteiger partial charge is 0.497 e. The highest BCUT2D eigenvalue weighted by molar-refractivity contribution is 5.96. The molecule has 0 atom stereocenters. The molecule has 1 aliphatic rings. The highest BCUT2D eigenvalue weighted by atomic mass is 16.5. The number of fused-ring (bicyclic) bond motifs is 1. The Morgan fingerprint density at radius 1 is 1.10 bits per heavy atom. The van der Waals surface area contributed by atoms with Gasteiger partial charge in [0.15, 0.2) is 0 Å². The van der Waals surface area contributed by atoms with Crippen molar-refractivity contribution in [3.8, 4) is 5.75 Å². The quantitative estimate of drug-likeness (QED) is 0.838. The minimum Gasteiger partial charge on any atom is -0.497 e. The summed E-state index contributed by atoms with van der Waals surface area (Å²) in [5, 5.41) is 2.45. The molecule has 0 spiro atoms. The number of likely N-dealkylation sites (N-methyl/N-ethyl adjacent to an activating group) is 1. The molecule has 0 amide bonds. The maximum atomic E-state index is 5.37. The van der Waals surface area contributed by atoms with E-state index >= 15 is 0 Å². The molecule has 4 heteroatoms. The van der Waals surface area contributed by atoms with Crippen LogP contribution in [0, 0.1) is 6.92 Å². The topological polar surface area (TPSA) is 28.6 Å². The Morgan fingerprint density at radius 3 is 2.55 bits per heavy atom. The fourth-order valence-corrected chi connectivity index (χ4v) is 2.77. The Morgan fingerprint density at radius 2 is 1.85 bits per heavy atom. The van der Waals surface area contributed by atoms with E-state index in [9.17, 15) is 0 Å². The van der Waals surface area contributed by atoms with Gasteiger partial charge in [0, 0.05) is 42.6 Å². The molecule has 1 aromatic carbocycles. The fourth-order valence-electron chi connectivity index (χ4n) is 2.77. The van der Waals surface area contributed by atoms with Gasteiger partial charge >= 0.3 is 0 Å². The van der Waals surface area contributed by atoms with Gasteiger partial charge in [0.05, 0.1) is 19.0 Å². The summed E-state index contributed by atoms with van der Waals surface area (Å²) in [5.41, 5.74) is 2.29. The number of pyridine rings is 1. The van der Waals surface area contributed by atoms with E-state index in [-0.39, 0.29) is 0 Å². The van der Waals surface area contributed by atoms with Crippen LogP contribution in [0.2, 0.25) is 0 Å². The van der Waals surface area contributed by atoms with Gasteiger partial charge in [-0.2, -0.15) is 0 Å². The van der Waals surface area contributed by atoms with Crippen LogP contribution in [0.15, 0.2) is 24.4 Å². The lowest BCUT2D eigenvalue weighted by molar-refractivity contribution is 0.313. The minimum atomic E-state index is 0.901. The van der Waals surface area contributed by atoms with Crippen LogP contribution in [-0.4, -0.2) is 50.2 Å². The van der Waals surface area contributed by atoms with Crippen LogP contribution in [0.5, 0.6) is 5.75 Å². The number of rotatable bonds is 2. The lowest BCUT2D eigenvalue weighted by Gasteiger charge is -2.34. The van der Waals surface area contributed by atoms with Gasteiger partial charge in [-0.25, -0.2) is 0 Å².